The SMILES string of the molecule is CCOc1cc(C(=O)N2CCCC2CN)ccc1OCCOc1ccccc1. The molecule has 2 N–H and O–H groups in total. The van der Waals surface area contributed by atoms with Gasteiger partial charge in [-0.1, -0.05) is 18.2 Å². The maximum Gasteiger partial charge on any atom is 0.254 e. The summed E-state index contributed by atoms with van der Waals surface area (Å²) in [7, 11) is 0. The van der Waals surface area contributed by atoms with E-state index in [4.69, 9.17) is 19.9 Å². The van der Waals surface area contributed by atoms with E-state index >= 15 is 0 Å². The summed E-state index contributed by atoms with van der Waals surface area (Å²) >= 11 is 0. The maximum atomic E-state index is 12.9. The Kier molecular flexibility index (Phi) is 7.14. The molecule has 2 aromatic carbocycles. The number of amides is 1. The Hall–Kier alpha value is -2.73. The van der Waals surface area contributed by atoms with E-state index in [1.807, 2.05) is 42.2 Å². The van der Waals surface area contributed by atoms with Gasteiger partial charge in [-0.2, -0.15) is 0 Å². The molecule has 1 unspecified atom stereocenters. The fraction of sp³-hybridized carbons (Fsp3) is 0.409. The molecule has 1 aliphatic rings. The van der Waals surface area contributed by atoms with Gasteiger partial charge in [0, 0.05) is 24.7 Å². The van der Waals surface area contributed by atoms with Crippen molar-refractivity contribution in [2.75, 3.05) is 32.9 Å². The highest BCUT2D eigenvalue weighted by atomic mass is 16.5. The minimum atomic E-state index is -0.00661. The first kappa shape index (κ1) is 20.0. The highest BCUT2D eigenvalue weighted by molar-refractivity contribution is 5.95. The molecular formula is C22H28N2O4. The van der Waals surface area contributed by atoms with Crippen LogP contribution >= 0.6 is 0 Å². The first-order valence-electron chi connectivity index (χ1n) is 9.81. The molecule has 0 spiro atoms. The summed E-state index contributed by atoms with van der Waals surface area (Å²) < 4.78 is 17.2. The van der Waals surface area contributed by atoms with Crippen LogP contribution in [-0.4, -0.2) is 49.8 Å². The Bertz CT molecular complexity index is 766. The van der Waals surface area contributed by atoms with Crippen LogP contribution in [0.5, 0.6) is 17.2 Å². The lowest BCUT2D eigenvalue weighted by Gasteiger charge is -2.24. The lowest BCUT2D eigenvalue weighted by Crippen LogP contribution is -2.39. The van der Waals surface area contributed by atoms with Gasteiger partial charge >= 0.3 is 0 Å². The van der Waals surface area contributed by atoms with E-state index < -0.39 is 0 Å². The Morgan fingerprint density at radius 3 is 2.61 bits per heavy atom. The maximum absolute atomic E-state index is 12.9. The number of benzene rings is 2. The third-order valence-corrected chi connectivity index (χ3v) is 4.75. The summed E-state index contributed by atoms with van der Waals surface area (Å²) in [5.41, 5.74) is 6.40. The minimum absolute atomic E-state index is 0.00661. The number of carbonyl (C=O) groups excluding carboxylic acids is 1. The van der Waals surface area contributed by atoms with Crippen LogP contribution in [0.1, 0.15) is 30.1 Å². The lowest BCUT2D eigenvalue weighted by molar-refractivity contribution is 0.0740. The van der Waals surface area contributed by atoms with Gasteiger partial charge in [-0.05, 0) is 50.1 Å². The average Bonchev–Trinajstić information content (AvgIpc) is 3.21. The molecule has 6 heteroatoms. The van der Waals surface area contributed by atoms with Gasteiger partial charge in [0.2, 0.25) is 0 Å². The van der Waals surface area contributed by atoms with Crippen molar-refractivity contribution in [3.63, 3.8) is 0 Å². The summed E-state index contributed by atoms with van der Waals surface area (Å²) in [6.07, 6.45) is 1.96. The predicted octanol–water partition coefficient (Wildman–Crippen LogP) is 3.11. The standard InChI is InChI=1S/C22H28N2O4/c1-2-26-21-15-17(22(25)24-12-6-7-18(24)16-23)10-11-20(21)28-14-13-27-19-8-4-3-5-9-19/h3-5,8-11,15,18H,2,6-7,12-14,16,23H2,1H3. The Morgan fingerprint density at radius 1 is 1.07 bits per heavy atom. The van der Waals surface area contributed by atoms with E-state index in [9.17, 15) is 4.79 Å². The van der Waals surface area contributed by atoms with E-state index in [0.29, 0.717) is 43.4 Å². The molecule has 1 fully saturated rings. The van der Waals surface area contributed by atoms with Gasteiger partial charge < -0.3 is 24.8 Å². The van der Waals surface area contributed by atoms with Crippen LogP contribution < -0.4 is 19.9 Å². The molecule has 3 rings (SSSR count). The molecule has 1 amide bonds. The van der Waals surface area contributed by atoms with Gasteiger partial charge in [0.05, 0.1) is 6.61 Å². The van der Waals surface area contributed by atoms with Crippen molar-refractivity contribution in [1.29, 1.82) is 0 Å². The van der Waals surface area contributed by atoms with Crippen LogP contribution in [0.15, 0.2) is 48.5 Å². The Morgan fingerprint density at radius 2 is 1.86 bits per heavy atom. The third-order valence-electron chi connectivity index (χ3n) is 4.75. The first-order chi connectivity index (χ1) is 13.7. The Balaban J connectivity index is 1.62. The van der Waals surface area contributed by atoms with Crippen LogP contribution in [0.2, 0.25) is 0 Å². The molecule has 2 aromatic rings. The summed E-state index contributed by atoms with van der Waals surface area (Å²) in [5.74, 6) is 1.97. The largest absolute Gasteiger partial charge is 0.490 e. The van der Waals surface area contributed by atoms with E-state index in [1.165, 1.54) is 0 Å². The number of nitrogens with two attached hydrogens (primary N) is 1. The van der Waals surface area contributed by atoms with Gasteiger partial charge in [0.1, 0.15) is 19.0 Å². The zero-order chi connectivity index (χ0) is 19.8. The third kappa shape index (κ3) is 4.95. The quantitative estimate of drug-likeness (QED) is 0.673. The van der Waals surface area contributed by atoms with Gasteiger partial charge in [0.15, 0.2) is 11.5 Å². The fourth-order valence-electron chi connectivity index (χ4n) is 3.37. The van der Waals surface area contributed by atoms with Gasteiger partial charge in [0.25, 0.3) is 5.91 Å². The molecule has 1 atom stereocenters. The smallest absolute Gasteiger partial charge is 0.254 e. The summed E-state index contributed by atoms with van der Waals surface area (Å²) in [6, 6.07) is 15.0. The van der Waals surface area contributed by atoms with E-state index in [-0.39, 0.29) is 11.9 Å². The molecule has 0 aliphatic carbocycles. The van der Waals surface area contributed by atoms with Crippen LogP contribution in [0, 0.1) is 0 Å². The second-order valence-electron chi connectivity index (χ2n) is 6.63. The molecule has 150 valence electrons. The van der Waals surface area contributed by atoms with E-state index in [2.05, 4.69) is 0 Å². The van der Waals surface area contributed by atoms with Crippen LogP contribution in [0.25, 0.3) is 0 Å². The van der Waals surface area contributed by atoms with Crippen molar-refractivity contribution >= 4 is 5.91 Å². The predicted molar refractivity (Wildman–Crippen MR) is 108 cm³/mol. The highest BCUT2D eigenvalue weighted by Gasteiger charge is 2.28. The molecule has 1 heterocycles. The van der Waals surface area contributed by atoms with Gasteiger partial charge in [-0.25, -0.2) is 0 Å². The van der Waals surface area contributed by atoms with E-state index in [1.54, 1.807) is 18.2 Å². The van der Waals surface area contributed by atoms with Crippen molar-refractivity contribution in [2.24, 2.45) is 5.73 Å². The number of hydrogen-bond acceptors (Lipinski definition) is 5. The molecule has 0 aromatic heterocycles. The highest BCUT2D eigenvalue weighted by Crippen LogP contribution is 2.30. The Labute approximate surface area is 166 Å². The molecule has 1 aliphatic heterocycles. The average molecular weight is 384 g/mol. The topological polar surface area (TPSA) is 74.0 Å². The number of carbonyl (C=O) groups is 1. The molecule has 0 saturated carbocycles. The van der Waals surface area contributed by atoms with Crippen molar-refractivity contribution in [2.45, 2.75) is 25.8 Å². The number of rotatable bonds is 9. The molecule has 28 heavy (non-hydrogen) atoms. The molecular weight excluding hydrogens is 356 g/mol. The summed E-state index contributed by atoms with van der Waals surface area (Å²) in [6.45, 7) is 4.43. The first-order valence-corrected chi connectivity index (χ1v) is 9.81. The zero-order valence-electron chi connectivity index (χ0n) is 16.3. The van der Waals surface area contributed by atoms with E-state index in [0.717, 1.165) is 25.1 Å². The summed E-state index contributed by atoms with van der Waals surface area (Å²) in [5, 5.41) is 0. The number of para-hydroxylation sites is 1. The number of likely N-dealkylation sites (tertiary alicyclic amines) is 1. The van der Waals surface area contributed by atoms with Crippen molar-refractivity contribution in [3.05, 3.63) is 54.1 Å². The number of hydrogen-bond donors (Lipinski definition) is 1. The van der Waals surface area contributed by atoms with Crippen molar-refractivity contribution in [1.82, 2.24) is 4.90 Å². The van der Waals surface area contributed by atoms with Crippen LogP contribution in [-0.2, 0) is 0 Å². The zero-order valence-corrected chi connectivity index (χ0v) is 16.3. The molecule has 6 nitrogen and oxygen atoms in total. The fourth-order valence-corrected chi connectivity index (χ4v) is 3.37. The van der Waals surface area contributed by atoms with Gasteiger partial charge in [-0.15, -0.1) is 0 Å². The van der Waals surface area contributed by atoms with Crippen LogP contribution in [0.4, 0.5) is 0 Å². The second-order valence-corrected chi connectivity index (χ2v) is 6.63. The monoisotopic (exact) mass is 384 g/mol. The van der Waals surface area contributed by atoms with Crippen LogP contribution in [0.3, 0.4) is 0 Å². The normalized spacial score (nSPS) is 16.1. The summed E-state index contributed by atoms with van der Waals surface area (Å²) in [4.78, 5) is 14.7. The number of ether oxygens (including phenoxy) is 3. The molecule has 1 saturated heterocycles. The molecule has 0 radical (unpaired) electrons. The number of nitrogens with zero attached hydrogens (tertiary/aromatic N) is 1. The van der Waals surface area contributed by atoms with Crippen molar-refractivity contribution in [3.8, 4) is 17.2 Å². The van der Waals surface area contributed by atoms with Gasteiger partial charge in [-0.3, -0.25) is 4.79 Å². The molecule has 0 bridgehead atoms. The lowest BCUT2D eigenvalue weighted by atomic mass is 10.1. The van der Waals surface area contributed by atoms with Crippen molar-refractivity contribution < 1.29 is 19.0 Å². The minimum Gasteiger partial charge on any atom is -0.490 e. The second kappa shape index (κ2) is 9.99.